The number of hydrogen-bond acceptors (Lipinski definition) is 5. The number of hydrogen-bond donors (Lipinski definition) is 1. The van der Waals surface area contributed by atoms with Crippen LogP contribution in [0.1, 0.15) is 22.9 Å². The van der Waals surface area contributed by atoms with E-state index in [4.69, 9.17) is 9.73 Å². The van der Waals surface area contributed by atoms with Crippen LogP contribution in [0.5, 0.6) is 0 Å². The van der Waals surface area contributed by atoms with Crippen molar-refractivity contribution >= 4 is 41.3 Å². The van der Waals surface area contributed by atoms with Crippen LogP contribution in [0.4, 0.5) is 0 Å². The monoisotopic (exact) mass is 492 g/mol. The minimum Gasteiger partial charge on any atom is -0.385 e. The zero-order valence-corrected chi connectivity index (χ0v) is 19.1. The summed E-state index contributed by atoms with van der Waals surface area (Å²) in [5.41, 5.74) is 0. The first-order valence-corrected chi connectivity index (χ1v) is 9.35. The van der Waals surface area contributed by atoms with Crippen molar-refractivity contribution in [2.75, 3.05) is 33.9 Å². The lowest BCUT2D eigenvalue weighted by atomic mass is 10.3. The van der Waals surface area contributed by atoms with Gasteiger partial charge in [0.05, 0.1) is 0 Å². The molecule has 0 aliphatic carbocycles. The van der Waals surface area contributed by atoms with Gasteiger partial charge in [0, 0.05) is 45.8 Å². The molecule has 0 unspecified atom stereocenters. The largest absolute Gasteiger partial charge is 0.385 e. The van der Waals surface area contributed by atoms with Gasteiger partial charge in [0.1, 0.15) is 12.4 Å². The van der Waals surface area contributed by atoms with Gasteiger partial charge >= 0.3 is 0 Å². The number of aliphatic imine (C=N–C) groups is 1. The lowest BCUT2D eigenvalue weighted by Gasteiger charge is -2.22. The quantitative estimate of drug-likeness (QED) is 0.252. The first-order valence-electron chi connectivity index (χ1n) is 8.47. The average Bonchev–Trinajstić information content (AvgIpc) is 3.24. The number of thiophene rings is 1. The highest BCUT2D eigenvalue weighted by Gasteiger charge is 2.09. The van der Waals surface area contributed by atoms with Crippen molar-refractivity contribution < 1.29 is 4.74 Å². The number of nitrogens with one attached hydrogen (secondary N) is 1. The molecule has 2 heterocycles. The van der Waals surface area contributed by atoms with Gasteiger partial charge in [-0.2, -0.15) is 0 Å². The highest BCUT2D eigenvalue weighted by atomic mass is 127. The summed E-state index contributed by atoms with van der Waals surface area (Å²) in [4.78, 5) is 8.28. The minimum absolute atomic E-state index is 0. The number of aromatic nitrogens is 3. The maximum absolute atomic E-state index is 5.11. The molecule has 9 heteroatoms. The van der Waals surface area contributed by atoms with E-state index in [2.05, 4.69) is 45.0 Å². The predicted molar refractivity (Wildman–Crippen MR) is 117 cm³/mol. The molecule has 0 amide bonds. The Morgan fingerprint density at radius 2 is 2.23 bits per heavy atom. The van der Waals surface area contributed by atoms with Crippen LogP contribution < -0.4 is 5.32 Å². The number of aryl methyl sites for hydroxylation is 1. The van der Waals surface area contributed by atoms with E-state index in [0.717, 1.165) is 50.1 Å². The Labute approximate surface area is 176 Å². The fourth-order valence-electron chi connectivity index (χ4n) is 2.30. The second-order valence-corrected chi connectivity index (χ2v) is 6.92. The number of likely N-dealkylation sites (N-methyl/N-ethyl adjacent to an activating group) is 1. The van der Waals surface area contributed by atoms with Crippen molar-refractivity contribution in [3.8, 4) is 0 Å². The molecule has 146 valence electrons. The van der Waals surface area contributed by atoms with E-state index in [1.54, 1.807) is 18.4 Å². The molecule has 0 radical (unpaired) electrons. The number of nitrogens with zero attached hydrogens (tertiary/aromatic N) is 5. The molecule has 0 saturated carbocycles. The van der Waals surface area contributed by atoms with Crippen molar-refractivity contribution in [3.05, 3.63) is 34.0 Å². The summed E-state index contributed by atoms with van der Waals surface area (Å²) in [5, 5.41) is 13.8. The summed E-state index contributed by atoms with van der Waals surface area (Å²) in [5.74, 6) is 2.64. The molecule has 7 nitrogen and oxygen atoms in total. The zero-order valence-electron chi connectivity index (χ0n) is 15.9. The van der Waals surface area contributed by atoms with Gasteiger partial charge in [-0.1, -0.05) is 6.07 Å². The Hall–Kier alpha value is -1.20. The van der Waals surface area contributed by atoms with Gasteiger partial charge in [0.15, 0.2) is 11.8 Å². The van der Waals surface area contributed by atoms with Crippen LogP contribution in [0.15, 0.2) is 22.5 Å². The van der Waals surface area contributed by atoms with Gasteiger partial charge in [0.2, 0.25) is 0 Å². The minimum atomic E-state index is 0. The van der Waals surface area contributed by atoms with Gasteiger partial charge in [-0.15, -0.1) is 45.5 Å². The van der Waals surface area contributed by atoms with Crippen LogP contribution in [0.25, 0.3) is 0 Å². The molecule has 0 aromatic carbocycles. The number of guanidine groups is 1. The molecular formula is C17H29IN6OS. The first-order chi connectivity index (χ1) is 12.1. The van der Waals surface area contributed by atoms with Gasteiger partial charge in [-0.05, 0) is 31.2 Å². The van der Waals surface area contributed by atoms with Crippen molar-refractivity contribution in [3.63, 3.8) is 0 Å². The van der Waals surface area contributed by atoms with Crippen molar-refractivity contribution in [2.24, 2.45) is 12.0 Å². The van der Waals surface area contributed by atoms with Gasteiger partial charge in [-0.25, -0.2) is 4.99 Å². The van der Waals surface area contributed by atoms with Crippen LogP contribution >= 0.6 is 35.3 Å². The summed E-state index contributed by atoms with van der Waals surface area (Å²) in [6, 6.07) is 4.26. The Morgan fingerprint density at radius 3 is 2.85 bits per heavy atom. The average molecular weight is 492 g/mol. The Bertz CT molecular complexity index is 658. The predicted octanol–water partition coefficient (Wildman–Crippen LogP) is 2.46. The SMILES string of the molecule is COCCCNC(=NCc1nnc(C)n1C)N(C)CCc1cccs1.I. The summed E-state index contributed by atoms with van der Waals surface area (Å²) in [6.45, 7) is 4.93. The van der Waals surface area contributed by atoms with E-state index in [-0.39, 0.29) is 24.0 Å². The lowest BCUT2D eigenvalue weighted by Crippen LogP contribution is -2.40. The van der Waals surface area contributed by atoms with Crippen LogP contribution in [-0.2, 0) is 24.8 Å². The Morgan fingerprint density at radius 1 is 1.42 bits per heavy atom. The Balaban J connectivity index is 0.00000338. The van der Waals surface area contributed by atoms with Gasteiger partial charge in [-0.3, -0.25) is 0 Å². The van der Waals surface area contributed by atoms with Crippen LogP contribution in [0.2, 0.25) is 0 Å². The molecule has 0 fully saturated rings. The molecule has 0 saturated heterocycles. The first kappa shape index (κ1) is 22.8. The van der Waals surface area contributed by atoms with Crippen LogP contribution in [0.3, 0.4) is 0 Å². The Kier molecular flexibility index (Phi) is 10.7. The maximum atomic E-state index is 5.11. The van der Waals surface area contributed by atoms with Crippen molar-refractivity contribution in [1.82, 2.24) is 25.0 Å². The highest BCUT2D eigenvalue weighted by molar-refractivity contribution is 14.0. The van der Waals surface area contributed by atoms with E-state index in [1.807, 2.05) is 18.5 Å². The fraction of sp³-hybridized carbons (Fsp3) is 0.588. The van der Waals surface area contributed by atoms with E-state index >= 15 is 0 Å². The topological polar surface area (TPSA) is 67.6 Å². The number of rotatable bonds is 9. The van der Waals surface area contributed by atoms with E-state index < -0.39 is 0 Å². The highest BCUT2D eigenvalue weighted by Crippen LogP contribution is 2.09. The third-order valence-electron chi connectivity index (χ3n) is 4.00. The van der Waals surface area contributed by atoms with Crippen molar-refractivity contribution in [2.45, 2.75) is 26.3 Å². The smallest absolute Gasteiger partial charge is 0.194 e. The summed E-state index contributed by atoms with van der Waals surface area (Å²) >= 11 is 1.79. The summed E-state index contributed by atoms with van der Waals surface area (Å²) in [6.07, 6.45) is 1.95. The molecule has 0 bridgehead atoms. The van der Waals surface area contributed by atoms with Crippen molar-refractivity contribution in [1.29, 1.82) is 0 Å². The molecule has 1 N–H and O–H groups in total. The van der Waals surface area contributed by atoms with Crippen LogP contribution in [-0.4, -0.2) is 59.5 Å². The van der Waals surface area contributed by atoms with E-state index in [1.165, 1.54) is 4.88 Å². The third-order valence-corrected chi connectivity index (χ3v) is 4.93. The second kappa shape index (κ2) is 12.2. The number of ether oxygens (including phenoxy) is 1. The summed E-state index contributed by atoms with van der Waals surface area (Å²) in [7, 11) is 5.75. The molecule has 26 heavy (non-hydrogen) atoms. The third kappa shape index (κ3) is 7.20. The summed E-state index contributed by atoms with van der Waals surface area (Å²) < 4.78 is 7.08. The molecule has 0 aliphatic heterocycles. The van der Waals surface area contributed by atoms with Crippen LogP contribution in [0, 0.1) is 6.92 Å². The molecular weight excluding hydrogens is 463 g/mol. The van der Waals surface area contributed by atoms with E-state index in [9.17, 15) is 0 Å². The normalized spacial score (nSPS) is 11.3. The molecule has 2 rings (SSSR count). The van der Waals surface area contributed by atoms with Gasteiger partial charge < -0.3 is 19.5 Å². The number of halogens is 1. The molecule has 2 aromatic rings. The lowest BCUT2D eigenvalue weighted by molar-refractivity contribution is 0.195. The molecule has 0 atom stereocenters. The number of methoxy groups -OCH3 is 1. The molecule has 0 aliphatic rings. The molecule has 0 spiro atoms. The van der Waals surface area contributed by atoms with Gasteiger partial charge in [0.25, 0.3) is 0 Å². The second-order valence-electron chi connectivity index (χ2n) is 5.89. The standard InChI is InChI=1S/C17H28N6OS.HI/c1-14-20-21-16(23(14)3)13-19-17(18-9-6-11-24-4)22(2)10-8-15-7-5-12-25-15;/h5,7,12H,6,8-11,13H2,1-4H3,(H,18,19);1H. The fourth-order valence-corrected chi connectivity index (χ4v) is 3.00. The zero-order chi connectivity index (χ0) is 18.1. The molecule has 2 aromatic heterocycles. The van der Waals surface area contributed by atoms with E-state index in [0.29, 0.717) is 6.54 Å². The maximum Gasteiger partial charge on any atom is 0.194 e.